The Morgan fingerprint density at radius 1 is 1.22 bits per heavy atom. The first kappa shape index (κ1) is 17.7. The van der Waals surface area contributed by atoms with Gasteiger partial charge in [0.05, 0.1) is 0 Å². The lowest BCUT2D eigenvalue weighted by molar-refractivity contribution is -0.132. The highest BCUT2D eigenvalue weighted by atomic mass is 35.5. The van der Waals surface area contributed by atoms with Gasteiger partial charge in [-0.2, -0.15) is 0 Å². The van der Waals surface area contributed by atoms with Crippen molar-refractivity contribution in [2.75, 3.05) is 19.6 Å². The third kappa shape index (κ3) is 6.60. The molecule has 0 aliphatic carbocycles. The molecule has 0 radical (unpaired) electrons. The number of nitrogens with one attached hydrogen (secondary N) is 1. The summed E-state index contributed by atoms with van der Waals surface area (Å²) in [7, 11) is 0. The number of hydrogen-bond acceptors (Lipinski definition) is 2. The summed E-state index contributed by atoms with van der Waals surface area (Å²) in [6.45, 7) is 11.6. The van der Waals surface area contributed by atoms with E-state index in [0.717, 1.165) is 26.1 Å². The van der Waals surface area contributed by atoms with Crippen LogP contribution in [-0.4, -0.2) is 36.5 Å². The van der Waals surface area contributed by atoms with Crippen LogP contribution in [0.4, 0.5) is 0 Å². The van der Waals surface area contributed by atoms with Crippen LogP contribution >= 0.6 is 12.4 Å². The van der Waals surface area contributed by atoms with Crippen LogP contribution in [0.2, 0.25) is 0 Å². The first-order chi connectivity index (χ1) is 7.99. The van der Waals surface area contributed by atoms with Crippen LogP contribution in [0.5, 0.6) is 0 Å². The second-order valence-corrected chi connectivity index (χ2v) is 6.08. The molecule has 1 fully saturated rings. The van der Waals surface area contributed by atoms with E-state index in [1.54, 1.807) is 0 Å². The topological polar surface area (TPSA) is 32.3 Å². The fraction of sp³-hybridized carbons (Fsp3) is 0.929. The average Bonchev–Trinajstić information content (AvgIpc) is 2.67. The quantitative estimate of drug-likeness (QED) is 0.809. The van der Waals surface area contributed by atoms with E-state index in [0.29, 0.717) is 30.2 Å². The lowest BCUT2D eigenvalue weighted by Crippen LogP contribution is -2.40. The van der Waals surface area contributed by atoms with Gasteiger partial charge in [0.1, 0.15) is 0 Å². The van der Waals surface area contributed by atoms with Gasteiger partial charge in [0.25, 0.3) is 0 Å². The molecule has 1 atom stereocenters. The minimum absolute atomic E-state index is 0. The second-order valence-electron chi connectivity index (χ2n) is 6.08. The molecule has 1 unspecified atom stereocenters. The standard InChI is InChI=1S/C14H28N2O.ClH/c1-11(2)9-16(10-12(3)4)14(17)8-13-6-5-7-15-13;/h11-13,15H,5-10H2,1-4H3;1H. The molecule has 1 saturated heterocycles. The van der Waals surface area contributed by atoms with E-state index in [9.17, 15) is 4.79 Å². The smallest absolute Gasteiger partial charge is 0.224 e. The molecule has 1 rings (SSSR count). The predicted octanol–water partition coefficient (Wildman–Crippen LogP) is 2.69. The molecule has 1 aliphatic rings. The van der Waals surface area contributed by atoms with Gasteiger partial charge in [0, 0.05) is 25.6 Å². The number of carbonyl (C=O) groups excluding carboxylic acids is 1. The largest absolute Gasteiger partial charge is 0.342 e. The molecule has 1 amide bonds. The van der Waals surface area contributed by atoms with Crippen LogP contribution in [0.15, 0.2) is 0 Å². The Labute approximate surface area is 118 Å². The van der Waals surface area contributed by atoms with Crippen LogP contribution in [0.1, 0.15) is 47.0 Å². The lowest BCUT2D eigenvalue weighted by atomic mass is 10.1. The molecule has 18 heavy (non-hydrogen) atoms. The van der Waals surface area contributed by atoms with Gasteiger partial charge < -0.3 is 10.2 Å². The summed E-state index contributed by atoms with van der Waals surface area (Å²) in [6, 6.07) is 0.421. The van der Waals surface area contributed by atoms with E-state index in [4.69, 9.17) is 0 Å². The molecule has 4 heteroatoms. The molecule has 0 saturated carbocycles. The number of amides is 1. The van der Waals surface area contributed by atoms with Crippen molar-refractivity contribution in [2.45, 2.75) is 53.0 Å². The van der Waals surface area contributed by atoms with Crippen molar-refractivity contribution >= 4 is 18.3 Å². The van der Waals surface area contributed by atoms with E-state index in [1.165, 1.54) is 6.42 Å². The zero-order valence-corrected chi connectivity index (χ0v) is 13.1. The fourth-order valence-corrected chi connectivity index (χ4v) is 2.43. The van der Waals surface area contributed by atoms with Gasteiger partial charge in [-0.25, -0.2) is 0 Å². The Morgan fingerprint density at radius 2 is 1.78 bits per heavy atom. The van der Waals surface area contributed by atoms with Gasteiger partial charge >= 0.3 is 0 Å². The van der Waals surface area contributed by atoms with Gasteiger partial charge in [-0.15, -0.1) is 12.4 Å². The summed E-state index contributed by atoms with van der Waals surface area (Å²) in [5, 5.41) is 3.40. The third-order valence-corrected chi connectivity index (χ3v) is 3.11. The maximum Gasteiger partial charge on any atom is 0.224 e. The lowest BCUT2D eigenvalue weighted by Gasteiger charge is -2.27. The minimum atomic E-state index is 0. The van der Waals surface area contributed by atoms with Crippen molar-refractivity contribution in [3.05, 3.63) is 0 Å². The van der Waals surface area contributed by atoms with Crippen LogP contribution in [0.3, 0.4) is 0 Å². The van der Waals surface area contributed by atoms with Crippen molar-refractivity contribution in [2.24, 2.45) is 11.8 Å². The molecular weight excluding hydrogens is 248 g/mol. The Hall–Kier alpha value is -0.280. The molecule has 1 N–H and O–H groups in total. The Morgan fingerprint density at radius 3 is 2.17 bits per heavy atom. The summed E-state index contributed by atoms with van der Waals surface area (Å²) >= 11 is 0. The first-order valence-corrected chi connectivity index (χ1v) is 7.00. The van der Waals surface area contributed by atoms with Gasteiger partial charge in [-0.3, -0.25) is 4.79 Å². The highest BCUT2D eigenvalue weighted by Crippen LogP contribution is 2.12. The number of hydrogen-bond donors (Lipinski definition) is 1. The van der Waals surface area contributed by atoms with Gasteiger partial charge in [-0.05, 0) is 31.2 Å². The molecule has 0 spiro atoms. The number of rotatable bonds is 6. The van der Waals surface area contributed by atoms with Gasteiger partial charge in [-0.1, -0.05) is 27.7 Å². The van der Waals surface area contributed by atoms with Crippen LogP contribution in [0, 0.1) is 11.8 Å². The zero-order valence-electron chi connectivity index (χ0n) is 12.2. The molecule has 0 aromatic carbocycles. The maximum absolute atomic E-state index is 12.3. The molecule has 108 valence electrons. The molecular formula is C14H29ClN2O. The summed E-state index contributed by atoms with van der Waals surface area (Å²) in [5.74, 6) is 1.43. The van der Waals surface area contributed by atoms with Crippen molar-refractivity contribution in [3.63, 3.8) is 0 Å². The van der Waals surface area contributed by atoms with Crippen LogP contribution in [0.25, 0.3) is 0 Å². The second kappa shape index (κ2) is 8.76. The van der Waals surface area contributed by atoms with E-state index in [2.05, 4.69) is 37.9 Å². The maximum atomic E-state index is 12.3. The van der Waals surface area contributed by atoms with E-state index in [1.807, 2.05) is 0 Å². The zero-order chi connectivity index (χ0) is 12.8. The van der Waals surface area contributed by atoms with Gasteiger partial charge in [0.2, 0.25) is 5.91 Å². The van der Waals surface area contributed by atoms with E-state index in [-0.39, 0.29) is 12.4 Å². The first-order valence-electron chi connectivity index (χ1n) is 7.00. The van der Waals surface area contributed by atoms with Crippen molar-refractivity contribution in [1.82, 2.24) is 10.2 Å². The van der Waals surface area contributed by atoms with Gasteiger partial charge in [0.15, 0.2) is 0 Å². The molecule has 0 aromatic rings. The number of carbonyl (C=O) groups is 1. The molecule has 0 bridgehead atoms. The van der Waals surface area contributed by atoms with Crippen LogP contribution < -0.4 is 5.32 Å². The van der Waals surface area contributed by atoms with Crippen molar-refractivity contribution in [1.29, 1.82) is 0 Å². The van der Waals surface area contributed by atoms with E-state index >= 15 is 0 Å². The normalized spacial score (nSPS) is 19.1. The summed E-state index contributed by atoms with van der Waals surface area (Å²) in [5.41, 5.74) is 0. The molecule has 0 aromatic heterocycles. The predicted molar refractivity (Wildman–Crippen MR) is 79.1 cm³/mol. The van der Waals surface area contributed by atoms with Crippen molar-refractivity contribution in [3.8, 4) is 0 Å². The van der Waals surface area contributed by atoms with Crippen molar-refractivity contribution < 1.29 is 4.79 Å². The Kier molecular flexibility index (Phi) is 8.62. The Bertz CT molecular complexity index is 228. The third-order valence-electron chi connectivity index (χ3n) is 3.11. The summed E-state index contributed by atoms with van der Waals surface area (Å²) < 4.78 is 0. The molecule has 1 aliphatic heterocycles. The highest BCUT2D eigenvalue weighted by molar-refractivity contribution is 5.85. The van der Waals surface area contributed by atoms with Crippen LogP contribution in [-0.2, 0) is 4.79 Å². The fourth-order valence-electron chi connectivity index (χ4n) is 2.43. The number of nitrogens with zero attached hydrogens (tertiary/aromatic N) is 1. The summed E-state index contributed by atoms with van der Waals surface area (Å²) in [4.78, 5) is 14.3. The SMILES string of the molecule is CC(C)CN(CC(C)C)C(=O)CC1CCCN1.Cl. The number of halogens is 1. The average molecular weight is 277 g/mol. The molecule has 3 nitrogen and oxygen atoms in total. The molecule has 1 heterocycles. The monoisotopic (exact) mass is 276 g/mol. The highest BCUT2D eigenvalue weighted by Gasteiger charge is 2.22. The summed E-state index contributed by atoms with van der Waals surface area (Å²) in [6.07, 6.45) is 3.05. The van der Waals surface area contributed by atoms with E-state index < -0.39 is 0 Å². The Balaban J connectivity index is 0.00000289. The minimum Gasteiger partial charge on any atom is -0.342 e.